The van der Waals surface area contributed by atoms with Crippen molar-refractivity contribution in [2.24, 2.45) is 5.92 Å². The highest BCUT2D eigenvalue weighted by atomic mass is 16.5. The van der Waals surface area contributed by atoms with Crippen molar-refractivity contribution < 1.29 is 4.74 Å². The Hall–Kier alpha value is -0.860. The number of likely N-dealkylation sites (N-methyl/N-ethyl adjacent to an activating group) is 1. The van der Waals surface area contributed by atoms with Gasteiger partial charge >= 0.3 is 0 Å². The summed E-state index contributed by atoms with van der Waals surface area (Å²) < 4.78 is 6.01. The lowest BCUT2D eigenvalue weighted by Gasteiger charge is -2.44. The predicted molar refractivity (Wildman–Crippen MR) is 80.4 cm³/mol. The minimum Gasteiger partial charge on any atom is -0.376 e. The van der Waals surface area contributed by atoms with Crippen molar-refractivity contribution in [3.05, 3.63) is 35.4 Å². The number of rotatable bonds is 4. The number of hydrogen-bond acceptors (Lipinski definition) is 2. The molecule has 1 saturated carbocycles. The van der Waals surface area contributed by atoms with E-state index in [0.717, 1.165) is 18.8 Å². The molecule has 2 rings (SSSR count). The third kappa shape index (κ3) is 3.01. The van der Waals surface area contributed by atoms with Crippen molar-refractivity contribution in [3.63, 3.8) is 0 Å². The van der Waals surface area contributed by atoms with Crippen LogP contribution >= 0.6 is 0 Å². The third-order valence-corrected chi connectivity index (χ3v) is 4.72. The van der Waals surface area contributed by atoms with Crippen LogP contribution in [-0.4, -0.2) is 19.8 Å². The molecule has 0 saturated heterocycles. The van der Waals surface area contributed by atoms with Gasteiger partial charge in [0, 0.05) is 7.11 Å². The van der Waals surface area contributed by atoms with Crippen molar-refractivity contribution in [3.8, 4) is 0 Å². The monoisotopic (exact) mass is 261 g/mol. The second-order valence-corrected chi connectivity index (χ2v) is 6.09. The molecule has 0 aromatic heterocycles. The summed E-state index contributed by atoms with van der Waals surface area (Å²) in [4.78, 5) is 0. The molecule has 19 heavy (non-hydrogen) atoms. The Bertz CT molecular complexity index is 407. The van der Waals surface area contributed by atoms with E-state index in [9.17, 15) is 0 Å². The van der Waals surface area contributed by atoms with E-state index in [0.29, 0.717) is 0 Å². The molecule has 1 fully saturated rings. The molecule has 0 heterocycles. The average Bonchev–Trinajstić information content (AvgIpc) is 2.42. The Morgan fingerprint density at radius 2 is 2.00 bits per heavy atom. The van der Waals surface area contributed by atoms with Gasteiger partial charge in [-0.15, -0.1) is 0 Å². The lowest BCUT2D eigenvalue weighted by molar-refractivity contribution is -0.0745. The predicted octanol–water partition coefficient (Wildman–Crippen LogP) is 3.85. The van der Waals surface area contributed by atoms with E-state index >= 15 is 0 Å². The number of benzene rings is 1. The minimum absolute atomic E-state index is 0.0466. The quantitative estimate of drug-likeness (QED) is 0.889. The van der Waals surface area contributed by atoms with Crippen molar-refractivity contribution in [2.45, 2.75) is 51.2 Å². The van der Waals surface area contributed by atoms with Gasteiger partial charge in [-0.2, -0.15) is 0 Å². The maximum absolute atomic E-state index is 6.01. The summed E-state index contributed by atoms with van der Waals surface area (Å²) in [5.74, 6) is 0.832. The molecule has 0 amide bonds. The number of ether oxygens (including phenoxy) is 1. The van der Waals surface area contributed by atoms with Crippen LogP contribution in [0.4, 0.5) is 0 Å². The maximum Gasteiger partial charge on any atom is 0.0872 e. The fourth-order valence-corrected chi connectivity index (χ4v) is 3.44. The highest BCUT2D eigenvalue weighted by Gasteiger charge is 2.41. The first-order valence-corrected chi connectivity index (χ1v) is 7.40. The topological polar surface area (TPSA) is 21.3 Å². The Balaban J connectivity index is 2.28. The summed E-state index contributed by atoms with van der Waals surface area (Å²) >= 11 is 0. The molecule has 2 heteroatoms. The first-order valence-electron chi connectivity index (χ1n) is 7.40. The zero-order chi connectivity index (χ0) is 13.9. The fraction of sp³-hybridized carbons (Fsp3) is 0.647. The first-order chi connectivity index (χ1) is 9.11. The van der Waals surface area contributed by atoms with Crippen LogP contribution in [0, 0.1) is 12.8 Å². The van der Waals surface area contributed by atoms with E-state index in [4.69, 9.17) is 4.74 Å². The largest absolute Gasteiger partial charge is 0.376 e. The number of methoxy groups -OCH3 is 1. The lowest BCUT2D eigenvalue weighted by atomic mass is 9.73. The summed E-state index contributed by atoms with van der Waals surface area (Å²) in [5, 5.41) is 3.50. The fourth-order valence-electron chi connectivity index (χ4n) is 3.44. The second-order valence-electron chi connectivity index (χ2n) is 6.09. The van der Waals surface area contributed by atoms with E-state index in [2.05, 4.69) is 43.4 Å². The molecular formula is C17H27NO. The van der Waals surface area contributed by atoms with E-state index in [-0.39, 0.29) is 11.6 Å². The van der Waals surface area contributed by atoms with Crippen molar-refractivity contribution in [2.75, 3.05) is 14.2 Å². The van der Waals surface area contributed by atoms with Crippen LogP contribution < -0.4 is 5.32 Å². The minimum atomic E-state index is -0.0466. The molecule has 0 bridgehead atoms. The maximum atomic E-state index is 6.01. The number of aryl methyl sites for hydroxylation is 1. The molecule has 1 aromatic rings. The summed E-state index contributed by atoms with van der Waals surface area (Å²) in [6.45, 7) is 4.50. The standard InChI is InChI=1S/C17H27NO/c1-13-8-10-17(19-4,11-9-13)16(18-3)15-7-5-6-14(2)12-15/h5-7,12-13,16,18H,8-11H2,1-4H3. The third-order valence-electron chi connectivity index (χ3n) is 4.72. The number of hydrogen-bond donors (Lipinski definition) is 1. The SMILES string of the molecule is CNC(c1cccc(C)c1)C1(OC)CCC(C)CC1. The molecule has 1 aliphatic rings. The van der Waals surface area contributed by atoms with Crippen LogP contribution in [0.3, 0.4) is 0 Å². The zero-order valence-electron chi connectivity index (χ0n) is 12.7. The van der Waals surface area contributed by atoms with Gasteiger partial charge in [-0.25, -0.2) is 0 Å². The highest BCUT2D eigenvalue weighted by Crippen LogP contribution is 2.42. The Morgan fingerprint density at radius 1 is 1.32 bits per heavy atom. The highest BCUT2D eigenvalue weighted by molar-refractivity contribution is 5.27. The van der Waals surface area contributed by atoms with Crippen molar-refractivity contribution in [1.29, 1.82) is 0 Å². The van der Waals surface area contributed by atoms with Gasteiger partial charge in [0.2, 0.25) is 0 Å². The molecule has 106 valence electrons. The first kappa shape index (κ1) is 14.5. The molecule has 0 spiro atoms. The smallest absolute Gasteiger partial charge is 0.0872 e. The summed E-state index contributed by atoms with van der Waals surface area (Å²) in [5.41, 5.74) is 2.61. The molecule has 1 unspecified atom stereocenters. The van der Waals surface area contributed by atoms with Gasteiger partial charge in [0.1, 0.15) is 0 Å². The molecule has 0 radical (unpaired) electrons. The summed E-state index contributed by atoms with van der Waals surface area (Å²) in [7, 11) is 3.92. The van der Waals surface area contributed by atoms with E-state index in [1.54, 1.807) is 0 Å². The van der Waals surface area contributed by atoms with E-state index in [1.807, 2.05) is 14.2 Å². The van der Waals surface area contributed by atoms with Gasteiger partial charge in [-0.1, -0.05) is 36.8 Å². The molecule has 1 N–H and O–H groups in total. The Kier molecular flexibility index (Phi) is 4.64. The van der Waals surface area contributed by atoms with Gasteiger partial charge < -0.3 is 10.1 Å². The average molecular weight is 261 g/mol. The van der Waals surface area contributed by atoms with E-state index < -0.39 is 0 Å². The molecule has 0 aliphatic heterocycles. The van der Waals surface area contributed by atoms with Gasteiger partial charge in [0.05, 0.1) is 11.6 Å². The summed E-state index contributed by atoms with van der Waals surface area (Å²) in [6.07, 6.45) is 4.81. The van der Waals surface area contributed by atoms with Crippen LogP contribution in [-0.2, 0) is 4.74 Å². The van der Waals surface area contributed by atoms with Crippen LogP contribution in [0.5, 0.6) is 0 Å². The molecule has 1 atom stereocenters. The number of nitrogens with one attached hydrogen (secondary N) is 1. The van der Waals surface area contributed by atoms with Gasteiger partial charge in [-0.05, 0) is 51.1 Å². The van der Waals surface area contributed by atoms with E-state index in [1.165, 1.54) is 24.0 Å². The molecule has 2 nitrogen and oxygen atoms in total. The van der Waals surface area contributed by atoms with Crippen LogP contribution in [0.25, 0.3) is 0 Å². The Labute approximate surface area is 117 Å². The zero-order valence-corrected chi connectivity index (χ0v) is 12.7. The molecular weight excluding hydrogens is 234 g/mol. The lowest BCUT2D eigenvalue weighted by Crippen LogP contribution is -2.47. The van der Waals surface area contributed by atoms with Crippen LogP contribution in [0.2, 0.25) is 0 Å². The van der Waals surface area contributed by atoms with Crippen LogP contribution in [0.1, 0.15) is 49.8 Å². The normalized spacial score (nSPS) is 29.2. The summed E-state index contributed by atoms with van der Waals surface area (Å²) in [6, 6.07) is 9.07. The Morgan fingerprint density at radius 3 is 2.53 bits per heavy atom. The van der Waals surface area contributed by atoms with Crippen molar-refractivity contribution >= 4 is 0 Å². The van der Waals surface area contributed by atoms with Crippen LogP contribution in [0.15, 0.2) is 24.3 Å². The molecule has 1 aliphatic carbocycles. The second kappa shape index (κ2) is 6.06. The van der Waals surface area contributed by atoms with Gasteiger partial charge in [0.15, 0.2) is 0 Å². The molecule has 1 aromatic carbocycles. The van der Waals surface area contributed by atoms with Gasteiger partial charge in [0.25, 0.3) is 0 Å². The van der Waals surface area contributed by atoms with Gasteiger partial charge in [-0.3, -0.25) is 0 Å². The van der Waals surface area contributed by atoms with Crippen molar-refractivity contribution in [1.82, 2.24) is 5.32 Å².